The third-order valence-corrected chi connectivity index (χ3v) is 32.4. The molecule has 4 amide bonds. The van der Waals surface area contributed by atoms with Gasteiger partial charge in [-0.05, 0) is 166 Å². The van der Waals surface area contributed by atoms with E-state index in [0.717, 1.165) is 22.9 Å². The zero-order chi connectivity index (χ0) is 73.7. The Bertz CT molecular complexity index is 4050. The molecule has 5 aromatic heterocycles. The summed E-state index contributed by atoms with van der Waals surface area (Å²) in [4.78, 5) is 110. The first kappa shape index (κ1) is 78.0. The minimum atomic E-state index is -2.28. The number of aldehydes is 1. The highest BCUT2D eigenvalue weighted by atomic mass is 28.4. The average molecular weight is 1410 g/mol. The van der Waals surface area contributed by atoms with E-state index in [2.05, 4.69) is 162 Å². The van der Waals surface area contributed by atoms with E-state index < -0.39 is 47.8 Å². The van der Waals surface area contributed by atoms with Crippen LogP contribution in [0, 0.1) is 0 Å². The predicted octanol–water partition coefficient (Wildman–Crippen LogP) is 13.3. The van der Waals surface area contributed by atoms with Gasteiger partial charge in [-0.2, -0.15) is 0 Å². The van der Waals surface area contributed by atoms with Crippen LogP contribution in [0.15, 0.2) is 176 Å². The first-order valence-corrected chi connectivity index (χ1v) is 41.4. The van der Waals surface area contributed by atoms with Crippen molar-refractivity contribution in [2.24, 2.45) is 4.99 Å². The Morgan fingerprint density at radius 3 is 1.24 bits per heavy atom. The molecule has 0 saturated carbocycles. The Labute approximate surface area is 590 Å². The van der Waals surface area contributed by atoms with Gasteiger partial charge in [0.1, 0.15) is 29.6 Å². The van der Waals surface area contributed by atoms with Crippen LogP contribution in [0.3, 0.4) is 0 Å². The lowest BCUT2D eigenvalue weighted by molar-refractivity contribution is -0.178. The maximum Gasteiger partial charge on any atom is 0.263 e. The number of aliphatic imine (C=N–C) groups is 1. The molecular formula is C73H94N14O10Si3. The standard InChI is InChI=1S/C21H29N3O3Si.C21H27N3O3Si.C14H23N3O2Si.C12H11N3O.C5H4N2O/c1-20(2,3)28(6,7)27-21(4)17(18-22-13-8-14-23-18)24(19(21)25)15-9-11-16(26-5)12-10-15;1-20(2,3)28(5,6)27-21(4)16(17-22-13-10-14-23-17)24(19(21)26)18(25)15-11-8-7-9-12-15;1-13(2,3)20(5,6)19-14(4)10(17-12(14)18)11-15-8-7-9-16-11;1-16-11-5-3-10(4-6-11)15-9-12-13-7-2-8-14-12;8-4-5-6-2-1-3-7-5/h8-14,17H,1-7H3;7-14,16H,1-6H3;7-10H,1-6H3,(H,17,18);2-9H,1H3;1-4H/t17-,21+;16-,21+;10-,14+;;/m000../s1. The Kier molecular flexibility index (Phi) is 24.8. The van der Waals surface area contributed by atoms with Crippen LogP contribution in [-0.4, -0.2) is 147 Å². The van der Waals surface area contributed by atoms with Gasteiger partial charge in [0, 0.05) is 73.2 Å². The molecule has 0 unspecified atom stereocenters. The zero-order valence-electron chi connectivity index (χ0n) is 60.9. The number of nitrogens with one attached hydrogen (secondary N) is 1. The number of imide groups is 1. The number of β-lactam (4-membered cyclic amide) rings is 3. The molecule has 3 saturated heterocycles. The van der Waals surface area contributed by atoms with Gasteiger partial charge in [0.05, 0.1) is 26.1 Å². The van der Waals surface area contributed by atoms with E-state index in [9.17, 15) is 24.0 Å². The zero-order valence-corrected chi connectivity index (χ0v) is 63.9. The second kappa shape index (κ2) is 31.9. The highest BCUT2D eigenvalue weighted by Crippen LogP contribution is 2.53. The number of benzene rings is 3. The van der Waals surface area contributed by atoms with Crippen molar-refractivity contribution in [1.29, 1.82) is 0 Å². The van der Waals surface area contributed by atoms with E-state index in [0.29, 0.717) is 35.1 Å². The van der Waals surface area contributed by atoms with E-state index in [1.54, 1.807) is 136 Å². The summed E-state index contributed by atoms with van der Waals surface area (Å²) in [5, 5.41) is 2.81. The molecule has 528 valence electrons. The van der Waals surface area contributed by atoms with Crippen LogP contribution in [0.5, 0.6) is 11.5 Å². The minimum Gasteiger partial charge on any atom is -0.497 e. The number of carbonyl (C=O) groups is 5. The minimum absolute atomic E-state index is 0.0150. The summed E-state index contributed by atoms with van der Waals surface area (Å²) >= 11 is 0. The molecule has 3 aliphatic rings. The molecule has 0 aliphatic carbocycles. The molecule has 0 radical (unpaired) electrons. The van der Waals surface area contributed by atoms with Gasteiger partial charge >= 0.3 is 0 Å². The fourth-order valence-electron chi connectivity index (χ4n) is 10.0. The number of rotatable bonds is 16. The van der Waals surface area contributed by atoms with Crippen molar-refractivity contribution in [2.45, 2.75) is 172 Å². The molecule has 6 atom stereocenters. The Morgan fingerprint density at radius 1 is 0.480 bits per heavy atom. The van der Waals surface area contributed by atoms with Crippen LogP contribution >= 0.6 is 0 Å². The van der Waals surface area contributed by atoms with Crippen molar-refractivity contribution < 1.29 is 46.7 Å². The lowest BCUT2D eigenvalue weighted by atomic mass is 9.82. The Hall–Kier alpha value is -9.39. The van der Waals surface area contributed by atoms with Crippen molar-refractivity contribution in [3.63, 3.8) is 0 Å². The van der Waals surface area contributed by atoms with Crippen molar-refractivity contribution >= 4 is 72.5 Å². The number of likely N-dealkylation sites (tertiary alicyclic amines) is 1. The van der Waals surface area contributed by atoms with Crippen LogP contribution < -0.4 is 19.7 Å². The van der Waals surface area contributed by atoms with Crippen LogP contribution in [0.25, 0.3) is 0 Å². The van der Waals surface area contributed by atoms with E-state index >= 15 is 0 Å². The first-order chi connectivity index (χ1) is 46.9. The third-order valence-electron chi connectivity index (χ3n) is 18.7. The molecule has 3 aromatic carbocycles. The number of hydrogen-bond donors (Lipinski definition) is 1. The smallest absolute Gasteiger partial charge is 0.263 e. The van der Waals surface area contributed by atoms with Gasteiger partial charge in [-0.3, -0.25) is 38.8 Å². The SMILES string of the molecule is CC(C)(C)[Si](C)(C)O[C@@]1(C)C(=O)N(C(=O)c2ccccc2)[C@H]1c1ncccn1.CC(C)(C)[Si](C)(C)O[C@@]1(C)C(=O)N[C@H]1c1ncccn1.COc1ccc(N2C(=O)[C@](C)(O[Si](C)(C)C(C)(C)C)[C@@H]2c2ncccn2)cc1.COc1ccc(N=Cc2ncccn2)cc1.O=Cc1ncccn1. The predicted molar refractivity (Wildman–Crippen MR) is 390 cm³/mol. The van der Waals surface area contributed by atoms with Crippen molar-refractivity contribution in [2.75, 3.05) is 19.1 Å². The summed E-state index contributed by atoms with van der Waals surface area (Å²) in [5.74, 6) is 3.12. The molecule has 8 aromatic rings. The molecule has 3 aliphatic heterocycles. The fourth-order valence-corrected chi connectivity index (χ4v) is 14.7. The highest BCUT2D eigenvalue weighted by molar-refractivity contribution is 6.75. The summed E-state index contributed by atoms with van der Waals surface area (Å²) in [6.07, 6.45) is 18.6. The molecule has 0 spiro atoms. The lowest BCUT2D eigenvalue weighted by Gasteiger charge is -2.56. The summed E-state index contributed by atoms with van der Waals surface area (Å²) in [6, 6.07) is 31.0. The van der Waals surface area contributed by atoms with Gasteiger partial charge in [0.15, 0.2) is 77.2 Å². The van der Waals surface area contributed by atoms with Gasteiger partial charge < -0.3 is 28.1 Å². The van der Waals surface area contributed by atoms with Gasteiger partial charge in [-0.15, -0.1) is 0 Å². The third kappa shape index (κ3) is 18.0. The first-order valence-electron chi connectivity index (χ1n) is 32.7. The topological polar surface area (TPSA) is 291 Å². The second-order valence-electron chi connectivity index (χ2n) is 28.9. The van der Waals surface area contributed by atoms with Gasteiger partial charge in [-0.1, -0.05) is 80.5 Å². The molecule has 0 bridgehead atoms. The number of nitrogens with zero attached hydrogens (tertiary/aromatic N) is 13. The van der Waals surface area contributed by atoms with E-state index in [1.807, 2.05) is 68.4 Å². The second-order valence-corrected chi connectivity index (χ2v) is 43.1. The lowest BCUT2D eigenvalue weighted by Crippen LogP contribution is -2.72. The van der Waals surface area contributed by atoms with Crippen LogP contribution in [0.4, 0.5) is 11.4 Å². The number of hydrogen-bond acceptors (Lipinski definition) is 21. The summed E-state index contributed by atoms with van der Waals surface area (Å²) in [5.41, 5.74) is -0.970. The van der Waals surface area contributed by atoms with Crippen molar-refractivity contribution in [3.8, 4) is 11.5 Å². The quantitative estimate of drug-likeness (QED) is 0.0309. The summed E-state index contributed by atoms with van der Waals surface area (Å²) < 4.78 is 29.8. The molecular weight excluding hydrogens is 1320 g/mol. The number of carbonyl (C=O) groups excluding carboxylic acids is 5. The maximum atomic E-state index is 13.4. The fraction of sp³-hybridized carbons (Fsp3) is 0.397. The van der Waals surface area contributed by atoms with E-state index in [-0.39, 0.29) is 56.7 Å². The molecule has 11 rings (SSSR count). The number of anilines is 1. The number of aromatic nitrogens is 10. The Balaban J connectivity index is 0.000000184. The normalized spacial score (nSPS) is 20.5. The van der Waals surface area contributed by atoms with Gasteiger partial charge in [0.2, 0.25) is 0 Å². The van der Waals surface area contributed by atoms with E-state index in [1.165, 1.54) is 17.3 Å². The maximum absolute atomic E-state index is 13.4. The molecule has 1 N–H and O–H groups in total. The largest absolute Gasteiger partial charge is 0.497 e. The molecule has 100 heavy (non-hydrogen) atoms. The Morgan fingerprint density at radius 2 is 0.850 bits per heavy atom. The monoisotopic (exact) mass is 1410 g/mol. The molecule has 24 nitrogen and oxygen atoms in total. The van der Waals surface area contributed by atoms with Crippen molar-refractivity contribution in [3.05, 3.63) is 206 Å². The van der Waals surface area contributed by atoms with E-state index in [4.69, 9.17) is 22.8 Å². The summed E-state index contributed by atoms with van der Waals surface area (Å²) in [7, 11) is -3.27. The molecule has 27 heteroatoms. The van der Waals surface area contributed by atoms with Crippen LogP contribution in [-0.2, 0) is 27.7 Å². The summed E-state index contributed by atoms with van der Waals surface area (Å²) in [6.45, 7) is 37.6. The highest BCUT2D eigenvalue weighted by Gasteiger charge is 2.66. The van der Waals surface area contributed by atoms with Crippen molar-refractivity contribution in [1.82, 2.24) is 60.1 Å². The number of amides is 4. The average Bonchev–Trinajstić information content (AvgIpc) is 0.714. The molecule has 3 fully saturated rings. The van der Waals surface area contributed by atoms with Gasteiger partial charge in [-0.25, -0.2) is 49.8 Å². The van der Waals surface area contributed by atoms with Gasteiger partial charge in [0.25, 0.3) is 23.6 Å². The van der Waals surface area contributed by atoms with Crippen LogP contribution in [0.1, 0.15) is 145 Å². The van der Waals surface area contributed by atoms with Crippen LogP contribution in [0.2, 0.25) is 54.4 Å². The molecule has 8 heterocycles. The number of methoxy groups -OCH3 is 2. The number of ether oxygens (including phenoxy) is 2.